The van der Waals surface area contributed by atoms with Gasteiger partial charge >= 0.3 is 5.97 Å². The second kappa shape index (κ2) is 8.66. The maximum absolute atomic E-state index is 11.9. The van der Waals surface area contributed by atoms with Crippen LogP contribution in [0, 0.1) is 12.3 Å². The number of nitrogens with one attached hydrogen (secondary N) is 2. The van der Waals surface area contributed by atoms with Gasteiger partial charge in [0, 0.05) is 11.8 Å². The number of phenolic OH excluding ortho intramolecular Hbond substituents is 1. The van der Waals surface area contributed by atoms with Gasteiger partial charge in [-0.3, -0.25) is 0 Å². The van der Waals surface area contributed by atoms with Gasteiger partial charge in [0.2, 0.25) is 5.88 Å². The molecule has 2 rings (SSSR count). The minimum absolute atomic E-state index is 0.0521. The fraction of sp³-hybridized carbons (Fsp3) is 0.211. The Morgan fingerprint density at radius 3 is 2.73 bits per heavy atom. The van der Waals surface area contributed by atoms with Gasteiger partial charge in [0.05, 0.1) is 19.4 Å². The number of benzene rings is 1. The molecule has 0 aliphatic carbocycles. The number of pyridine rings is 1. The van der Waals surface area contributed by atoms with Crippen LogP contribution in [-0.4, -0.2) is 36.0 Å². The van der Waals surface area contributed by atoms with Crippen LogP contribution < -0.4 is 5.32 Å². The van der Waals surface area contributed by atoms with Gasteiger partial charge in [-0.15, -0.1) is 0 Å². The highest BCUT2D eigenvalue weighted by Gasteiger charge is 2.17. The minimum Gasteiger partial charge on any atom is -0.507 e. The summed E-state index contributed by atoms with van der Waals surface area (Å²) in [6, 6.07) is 10.5. The van der Waals surface area contributed by atoms with E-state index in [1.54, 1.807) is 37.3 Å². The first kappa shape index (κ1) is 19.0. The SMILES string of the molecule is CCOC(=O)/C(C=N)=C(/Nc1cccc(-c2ccc(C)cc2O)n1)OC. The molecule has 2 aromatic rings. The lowest BCUT2D eigenvalue weighted by Crippen LogP contribution is -2.16. The Balaban J connectivity index is 2.37. The number of hydrogen-bond donors (Lipinski definition) is 3. The number of rotatable bonds is 7. The molecule has 1 aromatic heterocycles. The average Bonchev–Trinajstić information content (AvgIpc) is 2.62. The molecule has 26 heavy (non-hydrogen) atoms. The third kappa shape index (κ3) is 4.38. The summed E-state index contributed by atoms with van der Waals surface area (Å²) in [6.45, 7) is 3.75. The van der Waals surface area contributed by atoms with E-state index in [1.165, 1.54) is 7.11 Å². The number of carbonyl (C=O) groups excluding carboxylic acids is 1. The second-order valence-electron chi connectivity index (χ2n) is 5.37. The van der Waals surface area contributed by atoms with Gasteiger partial charge < -0.3 is 25.3 Å². The number of phenols is 1. The summed E-state index contributed by atoms with van der Waals surface area (Å²) >= 11 is 0. The summed E-state index contributed by atoms with van der Waals surface area (Å²) < 4.78 is 10.1. The Bertz CT molecular complexity index is 846. The van der Waals surface area contributed by atoms with Gasteiger partial charge in [0.1, 0.15) is 17.1 Å². The Morgan fingerprint density at radius 2 is 2.12 bits per heavy atom. The van der Waals surface area contributed by atoms with Gasteiger partial charge in [-0.05, 0) is 43.7 Å². The zero-order valence-corrected chi connectivity index (χ0v) is 14.9. The van der Waals surface area contributed by atoms with E-state index in [9.17, 15) is 9.90 Å². The first-order valence-corrected chi connectivity index (χ1v) is 8.00. The van der Waals surface area contributed by atoms with Crippen LogP contribution in [0.15, 0.2) is 47.9 Å². The highest BCUT2D eigenvalue weighted by atomic mass is 16.5. The molecular weight excluding hydrogens is 334 g/mol. The molecule has 7 heteroatoms. The van der Waals surface area contributed by atoms with Crippen LogP contribution in [0.3, 0.4) is 0 Å². The van der Waals surface area contributed by atoms with Gasteiger partial charge in [-0.25, -0.2) is 9.78 Å². The predicted octanol–water partition coefficient (Wildman–Crippen LogP) is 3.25. The Kier molecular flexibility index (Phi) is 6.32. The smallest absolute Gasteiger partial charge is 0.345 e. The van der Waals surface area contributed by atoms with E-state index in [0.717, 1.165) is 11.8 Å². The van der Waals surface area contributed by atoms with Crippen molar-refractivity contribution in [3.63, 3.8) is 0 Å². The van der Waals surface area contributed by atoms with E-state index in [4.69, 9.17) is 14.9 Å². The molecule has 0 atom stereocenters. The average molecular weight is 355 g/mol. The van der Waals surface area contributed by atoms with Gasteiger partial charge in [0.25, 0.3) is 0 Å². The number of methoxy groups -OCH3 is 1. The van der Waals surface area contributed by atoms with Gasteiger partial charge in [-0.2, -0.15) is 0 Å². The summed E-state index contributed by atoms with van der Waals surface area (Å²) in [6.07, 6.45) is 0.861. The highest BCUT2D eigenvalue weighted by Crippen LogP contribution is 2.29. The molecule has 0 spiro atoms. The van der Waals surface area contributed by atoms with Crippen molar-refractivity contribution in [2.24, 2.45) is 0 Å². The third-order valence-corrected chi connectivity index (χ3v) is 3.51. The largest absolute Gasteiger partial charge is 0.507 e. The topological polar surface area (TPSA) is 105 Å². The lowest BCUT2D eigenvalue weighted by atomic mass is 10.1. The number of aromatic nitrogens is 1. The molecule has 0 aliphatic heterocycles. The van der Waals surface area contributed by atoms with Crippen molar-refractivity contribution >= 4 is 18.0 Å². The van der Waals surface area contributed by atoms with E-state index in [0.29, 0.717) is 17.1 Å². The molecule has 7 nitrogen and oxygen atoms in total. The van der Waals surface area contributed by atoms with Crippen LogP contribution >= 0.6 is 0 Å². The van der Waals surface area contributed by atoms with Crippen molar-refractivity contribution in [2.75, 3.05) is 19.0 Å². The summed E-state index contributed by atoms with van der Waals surface area (Å²) in [5, 5.41) is 20.4. The minimum atomic E-state index is -0.667. The molecule has 0 aliphatic rings. The lowest BCUT2D eigenvalue weighted by Gasteiger charge is -2.13. The van der Waals surface area contributed by atoms with E-state index < -0.39 is 5.97 Å². The van der Waals surface area contributed by atoms with Crippen LogP contribution in [0.4, 0.5) is 5.82 Å². The fourth-order valence-electron chi connectivity index (χ4n) is 2.28. The number of ether oxygens (including phenoxy) is 2. The van der Waals surface area contributed by atoms with Crippen LogP contribution in [0.1, 0.15) is 12.5 Å². The van der Waals surface area contributed by atoms with Crippen LogP contribution in [0.25, 0.3) is 11.3 Å². The molecule has 0 fully saturated rings. The lowest BCUT2D eigenvalue weighted by molar-refractivity contribution is -0.138. The maximum Gasteiger partial charge on any atom is 0.345 e. The summed E-state index contributed by atoms with van der Waals surface area (Å²) in [7, 11) is 1.38. The van der Waals surface area contributed by atoms with Gasteiger partial charge in [0.15, 0.2) is 0 Å². The molecule has 1 heterocycles. The second-order valence-corrected chi connectivity index (χ2v) is 5.37. The van der Waals surface area contributed by atoms with Crippen molar-refractivity contribution in [1.29, 1.82) is 5.41 Å². The first-order chi connectivity index (χ1) is 12.5. The number of aromatic hydroxyl groups is 1. The standard InChI is InChI=1S/C19H21N3O4/c1-4-26-19(24)14(11-20)18(25-3)22-17-7-5-6-15(21-17)13-9-8-12(2)10-16(13)23/h5-11,20,23H,4H2,1-3H3,(H,21,22)/b18-14-,20-11?. The molecule has 0 saturated carbocycles. The summed E-state index contributed by atoms with van der Waals surface area (Å²) in [4.78, 5) is 16.4. The normalized spacial score (nSPS) is 11.3. The maximum atomic E-state index is 11.9. The Labute approximate surface area is 151 Å². The number of hydrogen-bond acceptors (Lipinski definition) is 7. The molecule has 0 amide bonds. The van der Waals surface area contributed by atoms with E-state index >= 15 is 0 Å². The predicted molar refractivity (Wildman–Crippen MR) is 99.1 cm³/mol. The molecule has 0 bridgehead atoms. The van der Waals surface area contributed by atoms with E-state index in [-0.39, 0.29) is 23.8 Å². The molecule has 3 N–H and O–H groups in total. The number of esters is 1. The molecule has 0 saturated heterocycles. The van der Waals surface area contributed by atoms with Crippen molar-refractivity contribution in [3.8, 4) is 17.0 Å². The van der Waals surface area contributed by atoms with Crippen LogP contribution in [-0.2, 0) is 14.3 Å². The van der Waals surface area contributed by atoms with Crippen molar-refractivity contribution < 1.29 is 19.4 Å². The summed E-state index contributed by atoms with van der Waals surface area (Å²) in [5.74, 6) is -0.0951. The number of carbonyl (C=O) groups is 1. The van der Waals surface area contributed by atoms with Crippen molar-refractivity contribution in [2.45, 2.75) is 13.8 Å². The Hall–Kier alpha value is -3.35. The third-order valence-electron chi connectivity index (χ3n) is 3.51. The fourth-order valence-corrected chi connectivity index (χ4v) is 2.28. The molecule has 0 unspecified atom stereocenters. The number of nitrogens with zero attached hydrogens (tertiary/aromatic N) is 1. The summed E-state index contributed by atoms with van der Waals surface area (Å²) in [5.41, 5.74) is 2.02. The molecule has 0 radical (unpaired) electrons. The van der Waals surface area contributed by atoms with Crippen LogP contribution in [0.2, 0.25) is 0 Å². The molecular formula is C19H21N3O4. The monoisotopic (exact) mass is 355 g/mol. The van der Waals surface area contributed by atoms with Crippen molar-refractivity contribution in [1.82, 2.24) is 4.98 Å². The van der Waals surface area contributed by atoms with E-state index in [2.05, 4.69) is 10.3 Å². The first-order valence-electron chi connectivity index (χ1n) is 8.00. The van der Waals surface area contributed by atoms with Crippen LogP contribution in [0.5, 0.6) is 5.75 Å². The number of anilines is 1. The zero-order chi connectivity index (χ0) is 19.1. The Morgan fingerprint density at radius 1 is 1.35 bits per heavy atom. The van der Waals surface area contributed by atoms with E-state index in [1.807, 2.05) is 13.0 Å². The quantitative estimate of drug-likeness (QED) is 0.305. The molecule has 136 valence electrons. The molecule has 1 aromatic carbocycles. The van der Waals surface area contributed by atoms with Crippen molar-refractivity contribution in [3.05, 3.63) is 53.4 Å². The highest BCUT2D eigenvalue weighted by molar-refractivity contribution is 6.09. The van der Waals surface area contributed by atoms with Gasteiger partial charge in [-0.1, -0.05) is 12.1 Å². The zero-order valence-electron chi connectivity index (χ0n) is 14.9. The number of aryl methyl sites for hydroxylation is 1.